The lowest BCUT2D eigenvalue weighted by Crippen LogP contribution is -2.28. The number of hydrogen-bond donors (Lipinski definition) is 3. The first-order chi connectivity index (χ1) is 9.55. The molecule has 0 aliphatic rings. The third kappa shape index (κ3) is 7.14. The molecule has 0 atom stereocenters. The highest BCUT2D eigenvalue weighted by Gasteiger charge is 2.09. The smallest absolute Gasteiger partial charge is 0.212 e. The Bertz CT molecular complexity index is 492. The topological polar surface area (TPSA) is 92.4 Å². The second-order valence-corrected chi connectivity index (χ2v) is 7.45. The summed E-state index contributed by atoms with van der Waals surface area (Å²) in [6.45, 7) is 0.586. The Hall–Kier alpha value is -0.760. The summed E-state index contributed by atoms with van der Waals surface area (Å²) in [4.78, 5) is 0.908. The SMILES string of the molecule is Nc1ccccc1SCCS(=O)(=O)NCCCCCO. The zero-order chi connectivity index (χ0) is 14.8. The Kier molecular flexibility index (Phi) is 7.98. The Balaban J connectivity index is 2.24. The van der Waals surface area contributed by atoms with Crippen molar-refractivity contribution in [2.45, 2.75) is 24.2 Å². The summed E-state index contributed by atoms with van der Waals surface area (Å²) in [6.07, 6.45) is 2.29. The lowest BCUT2D eigenvalue weighted by atomic mass is 10.2. The van der Waals surface area contributed by atoms with Crippen molar-refractivity contribution in [3.63, 3.8) is 0 Å². The maximum absolute atomic E-state index is 11.7. The van der Waals surface area contributed by atoms with E-state index in [4.69, 9.17) is 10.8 Å². The number of nitrogens with two attached hydrogens (primary N) is 1. The van der Waals surface area contributed by atoms with E-state index in [0.717, 1.165) is 17.7 Å². The van der Waals surface area contributed by atoms with Crippen LogP contribution in [-0.4, -0.2) is 38.2 Å². The van der Waals surface area contributed by atoms with Gasteiger partial charge in [-0.2, -0.15) is 0 Å². The highest BCUT2D eigenvalue weighted by molar-refractivity contribution is 8.00. The maximum Gasteiger partial charge on any atom is 0.212 e. The summed E-state index contributed by atoms with van der Waals surface area (Å²) in [6, 6.07) is 7.42. The Morgan fingerprint density at radius 2 is 1.95 bits per heavy atom. The second-order valence-electron chi connectivity index (χ2n) is 4.38. The van der Waals surface area contributed by atoms with Crippen LogP contribution >= 0.6 is 11.8 Å². The minimum atomic E-state index is -3.23. The summed E-state index contributed by atoms with van der Waals surface area (Å²) in [5.74, 6) is 0.548. The van der Waals surface area contributed by atoms with Crippen molar-refractivity contribution in [3.05, 3.63) is 24.3 Å². The molecule has 1 aromatic carbocycles. The molecule has 0 bridgehead atoms. The highest BCUT2D eigenvalue weighted by Crippen LogP contribution is 2.24. The van der Waals surface area contributed by atoms with E-state index in [2.05, 4.69) is 4.72 Å². The minimum Gasteiger partial charge on any atom is -0.398 e. The zero-order valence-electron chi connectivity index (χ0n) is 11.4. The lowest BCUT2D eigenvalue weighted by molar-refractivity contribution is 0.283. The molecule has 0 spiro atoms. The number of benzene rings is 1. The van der Waals surface area contributed by atoms with E-state index in [9.17, 15) is 8.42 Å². The quantitative estimate of drug-likeness (QED) is 0.345. The van der Waals surface area contributed by atoms with Crippen LogP contribution in [0.25, 0.3) is 0 Å². The monoisotopic (exact) mass is 318 g/mol. The molecule has 5 nitrogen and oxygen atoms in total. The molecule has 0 saturated heterocycles. The molecule has 4 N–H and O–H groups in total. The standard InChI is InChI=1S/C13H22N2O3S2/c14-12-6-2-3-7-13(12)19-10-11-20(17,18)15-8-4-1-5-9-16/h2-3,6-7,15-16H,1,4-5,8-11,14H2. The molecule has 1 aromatic rings. The van der Waals surface area contributed by atoms with Crippen LogP contribution in [-0.2, 0) is 10.0 Å². The van der Waals surface area contributed by atoms with Crippen LogP contribution in [0.4, 0.5) is 5.69 Å². The van der Waals surface area contributed by atoms with E-state index in [0.29, 0.717) is 24.4 Å². The van der Waals surface area contributed by atoms with Gasteiger partial charge in [0, 0.05) is 29.5 Å². The molecule has 1 rings (SSSR count). The molecule has 0 unspecified atom stereocenters. The number of unbranched alkanes of at least 4 members (excludes halogenated alkanes) is 2. The van der Waals surface area contributed by atoms with Crippen molar-refractivity contribution >= 4 is 27.5 Å². The van der Waals surface area contributed by atoms with Crippen molar-refractivity contribution in [1.29, 1.82) is 0 Å². The van der Waals surface area contributed by atoms with Gasteiger partial charge in [-0.1, -0.05) is 12.1 Å². The van der Waals surface area contributed by atoms with Gasteiger partial charge in [0.2, 0.25) is 10.0 Å². The number of rotatable bonds is 10. The minimum absolute atomic E-state index is 0.0754. The molecule has 0 saturated carbocycles. The zero-order valence-corrected chi connectivity index (χ0v) is 13.0. The Morgan fingerprint density at radius 3 is 2.65 bits per heavy atom. The molecular weight excluding hydrogens is 296 g/mol. The number of anilines is 1. The van der Waals surface area contributed by atoms with Gasteiger partial charge in [-0.05, 0) is 31.4 Å². The van der Waals surface area contributed by atoms with Gasteiger partial charge in [-0.15, -0.1) is 11.8 Å². The average Bonchev–Trinajstić information content (AvgIpc) is 2.40. The highest BCUT2D eigenvalue weighted by atomic mass is 32.2. The number of aliphatic hydroxyl groups is 1. The van der Waals surface area contributed by atoms with Gasteiger partial charge in [0.15, 0.2) is 0 Å². The molecule has 0 heterocycles. The van der Waals surface area contributed by atoms with Crippen LogP contribution in [0.3, 0.4) is 0 Å². The average molecular weight is 318 g/mol. The first-order valence-electron chi connectivity index (χ1n) is 6.60. The summed E-state index contributed by atoms with van der Waals surface area (Å²) in [5.41, 5.74) is 6.46. The van der Waals surface area contributed by atoms with E-state index in [1.54, 1.807) is 6.07 Å². The number of thioether (sulfide) groups is 1. The fourth-order valence-corrected chi connectivity index (χ4v) is 4.03. The van der Waals surface area contributed by atoms with Crippen molar-refractivity contribution in [2.75, 3.05) is 30.4 Å². The predicted octanol–water partition coefficient (Wildman–Crippen LogP) is 1.44. The van der Waals surface area contributed by atoms with Crippen LogP contribution in [0.2, 0.25) is 0 Å². The van der Waals surface area contributed by atoms with Crippen LogP contribution in [0, 0.1) is 0 Å². The van der Waals surface area contributed by atoms with Crippen molar-refractivity contribution in [3.8, 4) is 0 Å². The van der Waals surface area contributed by atoms with Crippen molar-refractivity contribution in [2.24, 2.45) is 0 Å². The van der Waals surface area contributed by atoms with Crippen molar-refractivity contribution in [1.82, 2.24) is 4.72 Å². The molecule has 0 aliphatic carbocycles. The number of nitrogen functional groups attached to an aromatic ring is 1. The fraction of sp³-hybridized carbons (Fsp3) is 0.538. The maximum atomic E-state index is 11.7. The van der Waals surface area contributed by atoms with Gasteiger partial charge in [0.05, 0.1) is 5.75 Å². The molecular formula is C13H22N2O3S2. The first kappa shape index (κ1) is 17.3. The first-order valence-corrected chi connectivity index (χ1v) is 9.24. The molecule has 0 fully saturated rings. The van der Waals surface area contributed by atoms with E-state index in [1.807, 2.05) is 18.2 Å². The molecule has 20 heavy (non-hydrogen) atoms. The lowest BCUT2D eigenvalue weighted by Gasteiger charge is -2.07. The van der Waals surface area contributed by atoms with E-state index < -0.39 is 10.0 Å². The van der Waals surface area contributed by atoms with Crippen LogP contribution in [0.5, 0.6) is 0 Å². The number of hydrogen-bond acceptors (Lipinski definition) is 5. The number of nitrogens with one attached hydrogen (secondary N) is 1. The molecule has 0 amide bonds. The van der Waals surface area contributed by atoms with Gasteiger partial charge < -0.3 is 10.8 Å². The molecule has 0 radical (unpaired) electrons. The third-order valence-electron chi connectivity index (χ3n) is 2.69. The predicted molar refractivity (Wildman–Crippen MR) is 84.3 cm³/mol. The van der Waals surface area contributed by atoms with E-state index >= 15 is 0 Å². The number of sulfonamides is 1. The van der Waals surface area contributed by atoms with Gasteiger partial charge in [-0.25, -0.2) is 13.1 Å². The van der Waals surface area contributed by atoms with Crippen LogP contribution < -0.4 is 10.5 Å². The van der Waals surface area contributed by atoms with Crippen molar-refractivity contribution < 1.29 is 13.5 Å². The largest absolute Gasteiger partial charge is 0.398 e. The third-order valence-corrected chi connectivity index (χ3v) is 5.42. The molecule has 7 heteroatoms. The molecule has 0 aromatic heterocycles. The van der Waals surface area contributed by atoms with Gasteiger partial charge in [-0.3, -0.25) is 0 Å². The van der Waals surface area contributed by atoms with Gasteiger partial charge in [0.1, 0.15) is 0 Å². The number of aliphatic hydroxyl groups excluding tert-OH is 1. The Morgan fingerprint density at radius 1 is 1.20 bits per heavy atom. The summed E-state index contributed by atoms with van der Waals surface area (Å²) < 4.78 is 26.0. The summed E-state index contributed by atoms with van der Waals surface area (Å²) in [7, 11) is -3.23. The summed E-state index contributed by atoms with van der Waals surface area (Å²) >= 11 is 1.44. The van der Waals surface area contributed by atoms with Gasteiger partial charge >= 0.3 is 0 Å². The van der Waals surface area contributed by atoms with Crippen LogP contribution in [0.15, 0.2) is 29.2 Å². The second kappa shape index (κ2) is 9.23. The fourth-order valence-electron chi connectivity index (χ4n) is 1.59. The molecule has 114 valence electrons. The van der Waals surface area contributed by atoms with E-state index in [1.165, 1.54) is 11.8 Å². The van der Waals surface area contributed by atoms with Crippen LogP contribution in [0.1, 0.15) is 19.3 Å². The normalized spacial score (nSPS) is 11.7. The Labute approximate surface area is 125 Å². The molecule has 0 aliphatic heterocycles. The van der Waals surface area contributed by atoms with E-state index in [-0.39, 0.29) is 12.4 Å². The summed E-state index contributed by atoms with van der Waals surface area (Å²) in [5, 5.41) is 8.62. The number of para-hydroxylation sites is 1. The van der Waals surface area contributed by atoms with Gasteiger partial charge in [0.25, 0.3) is 0 Å².